The van der Waals surface area contributed by atoms with Gasteiger partial charge >= 0.3 is 0 Å². The van der Waals surface area contributed by atoms with Gasteiger partial charge in [-0.25, -0.2) is 0 Å². The molecule has 2 aromatic rings. The molecule has 0 unspecified atom stereocenters. The summed E-state index contributed by atoms with van der Waals surface area (Å²) in [5, 5.41) is 5.70. The highest BCUT2D eigenvalue weighted by Crippen LogP contribution is 2.27. The number of carbonyl (C=O) groups is 1. The molecule has 0 bridgehead atoms. The van der Waals surface area contributed by atoms with Crippen molar-refractivity contribution in [3.8, 4) is 0 Å². The molecule has 1 aromatic carbocycles. The van der Waals surface area contributed by atoms with Crippen LogP contribution in [-0.2, 0) is 4.79 Å². The van der Waals surface area contributed by atoms with E-state index in [0.29, 0.717) is 0 Å². The molecule has 2 heterocycles. The maximum atomic E-state index is 11.1. The van der Waals surface area contributed by atoms with Gasteiger partial charge in [-0.1, -0.05) is 17.7 Å². The van der Waals surface area contributed by atoms with Gasteiger partial charge in [-0.15, -0.1) is 0 Å². The van der Waals surface area contributed by atoms with Crippen LogP contribution >= 0.6 is 11.6 Å². The summed E-state index contributed by atoms with van der Waals surface area (Å²) in [7, 11) is 2.15. The second kappa shape index (κ2) is 7.71. The number of rotatable bonds is 4. The Labute approximate surface area is 164 Å². The predicted octanol–water partition coefficient (Wildman–Crippen LogP) is 1.33. The Bertz CT molecular complexity index is 966. The Morgan fingerprint density at radius 3 is 2.52 bits per heavy atom. The smallest absolute Gasteiger partial charge is 0.211 e. The lowest BCUT2D eigenvalue weighted by atomic mass is 9.92. The van der Waals surface area contributed by atoms with Crippen LogP contribution < -0.4 is 20.7 Å². The fourth-order valence-electron chi connectivity index (χ4n) is 3.98. The van der Waals surface area contributed by atoms with Gasteiger partial charge in [0.15, 0.2) is 0 Å². The number of anilines is 1. The molecule has 0 spiro atoms. The Morgan fingerprint density at radius 1 is 1.07 bits per heavy atom. The molecular weight excluding hydrogens is 360 g/mol. The first-order chi connectivity index (χ1) is 13.2. The van der Waals surface area contributed by atoms with Crippen molar-refractivity contribution in [2.45, 2.75) is 12.8 Å². The lowest BCUT2D eigenvalue weighted by Gasteiger charge is -2.35. The van der Waals surface area contributed by atoms with Crippen LogP contribution in [0.3, 0.4) is 0 Å². The lowest BCUT2D eigenvalue weighted by molar-refractivity contribution is -0.108. The van der Waals surface area contributed by atoms with Crippen LogP contribution in [0.1, 0.15) is 18.4 Å². The fourth-order valence-corrected chi connectivity index (χ4v) is 4.37. The van der Waals surface area contributed by atoms with E-state index in [1.54, 1.807) is 0 Å². The molecule has 1 aliphatic heterocycles. The van der Waals surface area contributed by atoms with Gasteiger partial charge in [-0.3, -0.25) is 9.78 Å². The molecule has 5 nitrogen and oxygen atoms in total. The van der Waals surface area contributed by atoms with Crippen LogP contribution in [0.15, 0.2) is 36.7 Å². The Hall–Kier alpha value is -2.37. The summed E-state index contributed by atoms with van der Waals surface area (Å²) in [6.07, 6.45) is 5.98. The Balaban J connectivity index is 1.94. The average molecular weight is 383 g/mol. The second-order valence-electron chi connectivity index (χ2n) is 7.07. The van der Waals surface area contributed by atoms with Gasteiger partial charge in [0, 0.05) is 54.7 Å². The molecule has 4 rings (SSSR count). The van der Waals surface area contributed by atoms with Crippen LogP contribution in [0.25, 0.3) is 11.3 Å². The number of nitrogens with zero attached hydrogens (tertiary/aromatic N) is 3. The van der Waals surface area contributed by atoms with Crippen LogP contribution in [0.5, 0.6) is 0 Å². The maximum Gasteiger partial charge on any atom is 0.211 e. The van der Waals surface area contributed by atoms with E-state index in [0.717, 1.165) is 77.8 Å². The van der Waals surface area contributed by atoms with E-state index < -0.39 is 0 Å². The van der Waals surface area contributed by atoms with E-state index >= 15 is 0 Å². The van der Waals surface area contributed by atoms with Gasteiger partial charge in [-0.05, 0) is 49.2 Å². The standard InChI is InChI=1S/C21H23ClN4O/c1-25-10-12-26(13-11-25)19-5-3-17-18(24-14-27)4-2-16(20(17)21(19)22)15-6-8-23-9-7-15/h3,5-9,14H,2,4,10-13H2,1H3,(H,24,27). The number of halogens is 1. The van der Waals surface area contributed by atoms with Crippen molar-refractivity contribution >= 4 is 35.0 Å². The zero-order valence-electron chi connectivity index (χ0n) is 15.4. The van der Waals surface area contributed by atoms with Crippen LogP contribution in [-0.4, -0.2) is 49.5 Å². The number of likely N-dealkylation sites (N-methyl/N-ethyl adjacent to an activating group) is 1. The fraction of sp³-hybridized carbons (Fsp3) is 0.333. The summed E-state index contributed by atoms with van der Waals surface area (Å²) in [4.78, 5) is 19.9. The minimum absolute atomic E-state index is 0.749. The summed E-state index contributed by atoms with van der Waals surface area (Å²) < 4.78 is 0. The van der Waals surface area contributed by atoms with Gasteiger partial charge in [0.2, 0.25) is 6.41 Å². The molecule has 1 aliphatic carbocycles. The van der Waals surface area contributed by atoms with Gasteiger partial charge in [0.25, 0.3) is 0 Å². The molecule has 0 saturated carbocycles. The molecular formula is C21H23ClN4O. The minimum atomic E-state index is 0.749. The number of hydrogen-bond donors (Lipinski definition) is 1. The van der Waals surface area contributed by atoms with E-state index in [4.69, 9.17) is 11.6 Å². The highest BCUT2D eigenvalue weighted by Gasteiger charge is 2.21. The summed E-state index contributed by atoms with van der Waals surface area (Å²) in [5.41, 5.74) is 4.35. The molecule has 1 aromatic heterocycles. The number of hydrogen-bond acceptors (Lipinski definition) is 4. The summed E-state index contributed by atoms with van der Waals surface area (Å²) in [6, 6.07) is 8.24. The maximum absolute atomic E-state index is 11.1. The molecule has 27 heavy (non-hydrogen) atoms. The first-order valence-corrected chi connectivity index (χ1v) is 9.66. The normalized spacial score (nSPS) is 17.6. The summed E-state index contributed by atoms with van der Waals surface area (Å²) >= 11 is 6.99. The Morgan fingerprint density at radius 2 is 1.81 bits per heavy atom. The van der Waals surface area contributed by atoms with Crippen molar-refractivity contribution in [1.29, 1.82) is 0 Å². The molecule has 6 heteroatoms. The molecule has 140 valence electrons. The monoisotopic (exact) mass is 382 g/mol. The van der Waals surface area contributed by atoms with E-state index in [2.05, 4.69) is 39.3 Å². The highest BCUT2D eigenvalue weighted by molar-refractivity contribution is 6.33. The second-order valence-corrected chi connectivity index (χ2v) is 7.44. The number of benzene rings is 1. The van der Waals surface area contributed by atoms with E-state index in [1.165, 1.54) is 5.57 Å². The third-order valence-corrected chi connectivity index (χ3v) is 5.86. The highest BCUT2D eigenvalue weighted by atomic mass is 35.5. The number of carbonyl (C=O) groups excluding carboxylic acids is 1. The van der Waals surface area contributed by atoms with Gasteiger partial charge < -0.3 is 15.1 Å². The number of nitrogens with one attached hydrogen (secondary N) is 1. The van der Waals surface area contributed by atoms with Crippen LogP contribution in [0.4, 0.5) is 5.69 Å². The van der Waals surface area contributed by atoms with Crippen molar-refractivity contribution < 1.29 is 4.79 Å². The van der Waals surface area contributed by atoms with E-state index in [-0.39, 0.29) is 0 Å². The van der Waals surface area contributed by atoms with Crippen LogP contribution in [0.2, 0.25) is 5.02 Å². The quantitative estimate of drug-likeness (QED) is 0.811. The first-order valence-electron chi connectivity index (χ1n) is 9.28. The van der Waals surface area contributed by atoms with Crippen molar-refractivity contribution in [3.63, 3.8) is 0 Å². The van der Waals surface area contributed by atoms with Gasteiger partial charge in [0.1, 0.15) is 0 Å². The SMILES string of the molecule is CN1CCN(c2ccc3c(c2Cl)=C(c2ccncc2)CCC=3NC=O)CC1. The molecule has 1 fully saturated rings. The van der Waals surface area contributed by atoms with Crippen molar-refractivity contribution in [2.24, 2.45) is 0 Å². The summed E-state index contributed by atoms with van der Waals surface area (Å²) in [5.74, 6) is 0. The predicted molar refractivity (Wildman–Crippen MR) is 109 cm³/mol. The third-order valence-electron chi connectivity index (χ3n) is 5.48. The molecule has 1 amide bonds. The molecule has 0 atom stereocenters. The zero-order valence-corrected chi connectivity index (χ0v) is 16.2. The van der Waals surface area contributed by atoms with Crippen molar-refractivity contribution in [3.05, 3.63) is 57.7 Å². The third kappa shape index (κ3) is 3.45. The van der Waals surface area contributed by atoms with Crippen molar-refractivity contribution in [2.75, 3.05) is 38.1 Å². The molecule has 1 saturated heterocycles. The zero-order chi connectivity index (χ0) is 18.8. The average Bonchev–Trinajstić information content (AvgIpc) is 2.70. The van der Waals surface area contributed by atoms with Crippen LogP contribution in [0, 0.1) is 0 Å². The van der Waals surface area contributed by atoms with E-state index in [1.807, 2.05) is 24.5 Å². The minimum Gasteiger partial charge on any atom is -0.368 e. The number of amides is 1. The largest absolute Gasteiger partial charge is 0.368 e. The number of aromatic nitrogens is 1. The van der Waals surface area contributed by atoms with Gasteiger partial charge in [-0.2, -0.15) is 0 Å². The molecule has 1 N–H and O–H groups in total. The number of piperazine rings is 1. The summed E-state index contributed by atoms with van der Waals surface area (Å²) in [6.45, 7) is 3.97. The topological polar surface area (TPSA) is 48.5 Å². The number of pyridine rings is 1. The van der Waals surface area contributed by atoms with Crippen molar-refractivity contribution in [1.82, 2.24) is 15.2 Å². The molecule has 0 radical (unpaired) electrons. The van der Waals surface area contributed by atoms with Gasteiger partial charge in [0.05, 0.1) is 10.7 Å². The number of fused-ring (bicyclic) bond motifs is 1. The van der Waals surface area contributed by atoms with E-state index in [9.17, 15) is 4.79 Å². The lowest BCUT2D eigenvalue weighted by Crippen LogP contribution is -2.46. The molecule has 2 aliphatic rings. The first kappa shape index (κ1) is 18.0. The Kier molecular flexibility index (Phi) is 5.14.